The van der Waals surface area contributed by atoms with E-state index < -0.39 is 25.7 Å². The van der Waals surface area contributed by atoms with Crippen LogP contribution in [0.5, 0.6) is 0 Å². The molecule has 0 aromatic carbocycles. The highest BCUT2D eigenvalue weighted by atomic mass is 28.5. The standard InChI is InChI=1S/C15H24O3Si3/c1-4-19(13-7-8-13)16-20(5-2,14-9-10-14)18-21(6-3,17-19)15-11-12-15/h4-6,13-15H,1-3,7-12H2. The highest BCUT2D eigenvalue weighted by Crippen LogP contribution is 2.60. The molecule has 3 aliphatic carbocycles. The smallest absolute Gasteiger partial charge is 0.350 e. The van der Waals surface area contributed by atoms with Gasteiger partial charge < -0.3 is 12.3 Å². The zero-order valence-corrected chi connectivity index (χ0v) is 15.6. The van der Waals surface area contributed by atoms with Crippen molar-refractivity contribution < 1.29 is 12.3 Å². The van der Waals surface area contributed by atoms with Gasteiger partial charge in [0.25, 0.3) is 0 Å². The maximum absolute atomic E-state index is 6.73. The molecular weight excluding hydrogens is 312 g/mol. The van der Waals surface area contributed by atoms with E-state index in [-0.39, 0.29) is 0 Å². The van der Waals surface area contributed by atoms with Crippen LogP contribution >= 0.6 is 0 Å². The summed E-state index contributed by atoms with van der Waals surface area (Å²) in [7, 11) is -7.08. The fourth-order valence-electron chi connectivity index (χ4n) is 3.52. The van der Waals surface area contributed by atoms with E-state index in [1.165, 1.54) is 38.5 Å². The van der Waals surface area contributed by atoms with Gasteiger partial charge in [-0.1, -0.05) is 17.1 Å². The highest BCUT2D eigenvalue weighted by Gasteiger charge is 2.70. The molecule has 0 atom stereocenters. The van der Waals surface area contributed by atoms with Crippen LogP contribution in [0.15, 0.2) is 36.8 Å². The van der Waals surface area contributed by atoms with E-state index in [4.69, 9.17) is 12.3 Å². The van der Waals surface area contributed by atoms with Gasteiger partial charge in [0, 0.05) is 16.6 Å². The van der Waals surface area contributed by atoms with E-state index in [0.29, 0.717) is 16.6 Å². The van der Waals surface area contributed by atoms with Gasteiger partial charge in [0.1, 0.15) is 0 Å². The average molecular weight is 337 g/mol. The molecule has 0 bridgehead atoms. The lowest BCUT2D eigenvalue weighted by molar-refractivity contribution is 0.230. The maximum atomic E-state index is 6.73. The monoisotopic (exact) mass is 336 g/mol. The van der Waals surface area contributed by atoms with E-state index >= 15 is 0 Å². The molecule has 3 nitrogen and oxygen atoms in total. The van der Waals surface area contributed by atoms with Crippen LogP contribution in [0.3, 0.4) is 0 Å². The fourth-order valence-corrected chi connectivity index (χ4v) is 21.0. The van der Waals surface area contributed by atoms with E-state index in [9.17, 15) is 0 Å². The first-order valence-electron chi connectivity index (χ1n) is 8.13. The van der Waals surface area contributed by atoms with Gasteiger partial charge in [0.2, 0.25) is 0 Å². The van der Waals surface area contributed by atoms with Gasteiger partial charge in [-0.25, -0.2) is 0 Å². The third-order valence-electron chi connectivity index (χ3n) is 5.25. The topological polar surface area (TPSA) is 27.7 Å². The van der Waals surface area contributed by atoms with Crippen LogP contribution in [0.1, 0.15) is 38.5 Å². The fraction of sp³-hybridized carbons (Fsp3) is 0.600. The summed E-state index contributed by atoms with van der Waals surface area (Å²) in [5, 5.41) is 0. The second-order valence-electron chi connectivity index (χ2n) is 6.91. The molecule has 0 radical (unpaired) electrons. The molecule has 6 heteroatoms. The van der Waals surface area contributed by atoms with E-state index in [1.54, 1.807) is 0 Å². The van der Waals surface area contributed by atoms with Gasteiger partial charge in [-0.15, -0.1) is 19.7 Å². The summed E-state index contributed by atoms with van der Waals surface area (Å²) in [6.45, 7) is 12.3. The molecule has 3 saturated carbocycles. The number of hydrogen-bond acceptors (Lipinski definition) is 3. The van der Waals surface area contributed by atoms with Gasteiger partial charge in [-0.05, 0) is 38.5 Å². The molecule has 114 valence electrons. The minimum absolute atomic E-state index is 0.579. The summed E-state index contributed by atoms with van der Waals surface area (Å²) in [6, 6.07) is 0. The number of hydrogen-bond donors (Lipinski definition) is 0. The summed E-state index contributed by atoms with van der Waals surface area (Å²) < 4.78 is 20.2. The Morgan fingerprint density at radius 2 is 0.810 bits per heavy atom. The largest absolute Gasteiger partial charge is 0.409 e. The van der Waals surface area contributed by atoms with Crippen LogP contribution in [0.2, 0.25) is 16.6 Å². The van der Waals surface area contributed by atoms with Crippen molar-refractivity contribution in [1.29, 1.82) is 0 Å². The quantitative estimate of drug-likeness (QED) is 0.685. The molecule has 0 aromatic heterocycles. The Labute approximate surface area is 130 Å². The normalized spacial score (nSPS) is 46.9. The van der Waals surface area contributed by atoms with Crippen molar-refractivity contribution in [2.24, 2.45) is 0 Å². The molecule has 0 spiro atoms. The maximum Gasteiger partial charge on any atom is 0.350 e. The second-order valence-corrected chi connectivity index (χ2v) is 17.4. The Morgan fingerprint density at radius 3 is 0.952 bits per heavy atom. The van der Waals surface area contributed by atoms with Gasteiger partial charge in [0.15, 0.2) is 0 Å². The summed E-state index contributed by atoms with van der Waals surface area (Å²) in [6.07, 6.45) is 7.31. The predicted molar refractivity (Wildman–Crippen MR) is 90.1 cm³/mol. The van der Waals surface area contributed by atoms with Crippen molar-refractivity contribution in [2.45, 2.75) is 55.1 Å². The summed E-state index contributed by atoms with van der Waals surface area (Å²) >= 11 is 0. The van der Waals surface area contributed by atoms with Crippen molar-refractivity contribution in [3.05, 3.63) is 36.8 Å². The Balaban J connectivity index is 1.77. The Bertz CT molecular complexity index is 417. The predicted octanol–water partition coefficient (Wildman–Crippen LogP) is 4.04. The lowest BCUT2D eigenvalue weighted by Gasteiger charge is -2.51. The van der Waals surface area contributed by atoms with Crippen LogP contribution in [0.25, 0.3) is 0 Å². The summed E-state index contributed by atoms with van der Waals surface area (Å²) in [4.78, 5) is 0. The van der Waals surface area contributed by atoms with E-state index in [1.807, 2.05) is 17.1 Å². The zero-order chi connectivity index (χ0) is 14.7. The third-order valence-corrected chi connectivity index (χ3v) is 19.8. The highest BCUT2D eigenvalue weighted by molar-refractivity contribution is 7.01. The molecule has 4 fully saturated rings. The Kier molecular flexibility index (Phi) is 3.16. The summed E-state index contributed by atoms with van der Waals surface area (Å²) in [5.41, 5.74) is 7.84. The van der Waals surface area contributed by atoms with Crippen LogP contribution in [0.4, 0.5) is 0 Å². The second kappa shape index (κ2) is 4.62. The van der Waals surface area contributed by atoms with Gasteiger partial charge in [-0.2, -0.15) is 0 Å². The first kappa shape index (κ1) is 14.3. The molecule has 21 heavy (non-hydrogen) atoms. The molecule has 1 heterocycles. The molecule has 1 aliphatic heterocycles. The van der Waals surface area contributed by atoms with Crippen molar-refractivity contribution in [1.82, 2.24) is 0 Å². The molecule has 4 aliphatic rings. The molecule has 0 aromatic rings. The lowest BCUT2D eigenvalue weighted by atomic mass is 11.0. The first-order chi connectivity index (χ1) is 10.1. The molecule has 0 unspecified atom stereocenters. The van der Waals surface area contributed by atoms with Gasteiger partial charge in [-0.3, -0.25) is 0 Å². The molecule has 0 amide bonds. The third kappa shape index (κ3) is 2.15. The van der Waals surface area contributed by atoms with Gasteiger partial charge in [0.05, 0.1) is 0 Å². The lowest BCUT2D eigenvalue weighted by Crippen LogP contribution is -2.69. The first-order valence-corrected chi connectivity index (χ1v) is 14.0. The zero-order valence-electron chi connectivity index (χ0n) is 12.6. The number of rotatable bonds is 6. The molecule has 4 rings (SSSR count). The van der Waals surface area contributed by atoms with E-state index in [2.05, 4.69) is 19.7 Å². The van der Waals surface area contributed by atoms with Crippen LogP contribution in [-0.4, -0.2) is 25.7 Å². The van der Waals surface area contributed by atoms with Crippen molar-refractivity contribution in [3.8, 4) is 0 Å². The summed E-state index contributed by atoms with van der Waals surface area (Å²) in [5.74, 6) is 0. The van der Waals surface area contributed by atoms with Crippen molar-refractivity contribution in [3.63, 3.8) is 0 Å². The van der Waals surface area contributed by atoms with Crippen molar-refractivity contribution >= 4 is 25.7 Å². The SMILES string of the molecule is C=C[Si]1(C2CC2)O[Si](C=C)(C2CC2)O[Si](C=C)(C2CC2)O1. The van der Waals surface area contributed by atoms with Crippen LogP contribution in [0, 0.1) is 0 Å². The Hall–Kier alpha value is -0.249. The molecular formula is C15H24O3Si3. The molecule has 0 N–H and O–H groups in total. The minimum Gasteiger partial charge on any atom is -0.409 e. The molecule has 1 saturated heterocycles. The van der Waals surface area contributed by atoms with E-state index in [0.717, 1.165) is 0 Å². The van der Waals surface area contributed by atoms with Crippen molar-refractivity contribution in [2.75, 3.05) is 0 Å². The average Bonchev–Trinajstić information content (AvgIpc) is 3.33. The van der Waals surface area contributed by atoms with Gasteiger partial charge >= 0.3 is 25.7 Å². The Morgan fingerprint density at radius 1 is 0.571 bits per heavy atom. The van der Waals surface area contributed by atoms with Crippen LogP contribution < -0.4 is 0 Å². The minimum atomic E-state index is -2.36. The van der Waals surface area contributed by atoms with Crippen LogP contribution in [-0.2, 0) is 12.3 Å².